The number of benzene rings is 3. The van der Waals surface area contributed by atoms with Crippen molar-refractivity contribution in [3.63, 3.8) is 0 Å². The molecule has 1 atom stereocenters. The molecule has 1 unspecified atom stereocenters. The van der Waals surface area contributed by atoms with Crippen molar-refractivity contribution < 1.29 is 0 Å². The first kappa shape index (κ1) is 12.7. The van der Waals surface area contributed by atoms with E-state index in [0.717, 1.165) is 6.42 Å². The molecule has 1 aliphatic carbocycles. The van der Waals surface area contributed by atoms with Gasteiger partial charge in [-0.3, -0.25) is 0 Å². The van der Waals surface area contributed by atoms with E-state index in [-0.39, 0.29) is 0 Å². The van der Waals surface area contributed by atoms with E-state index < -0.39 is 0 Å². The molecule has 0 spiro atoms. The van der Waals surface area contributed by atoms with Gasteiger partial charge >= 0.3 is 0 Å². The molecule has 5 rings (SSSR count). The highest BCUT2D eigenvalue weighted by Crippen LogP contribution is 2.36. The van der Waals surface area contributed by atoms with Crippen LogP contribution >= 0.6 is 0 Å². The minimum atomic E-state index is 0.435. The summed E-state index contributed by atoms with van der Waals surface area (Å²) in [4.78, 5) is 3.41. The van der Waals surface area contributed by atoms with Gasteiger partial charge in [-0.2, -0.15) is 0 Å². The predicted molar refractivity (Wildman–Crippen MR) is 97.7 cm³/mol. The van der Waals surface area contributed by atoms with Crippen molar-refractivity contribution in [2.45, 2.75) is 12.3 Å². The zero-order valence-electron chi connectivity index (χ0n) is 12.8. The molecule has 0 bridgehead atoms. The number of aromatic nitrogens is 1. The Balaban J connectivity index is 1.66. The zero-order valence-corrected chi connectivity index (χ0v) is 12.8. The molecule has 1 aliphatic rings. The lowest BCUT2D eigenvalue weighted by molar-refractivity contribution is 0.840. The summed E-state index contributed by atoms with van der Waals surface area (Å²) in [5.74, 6) is 0.435. The first-order chi connectivity index (χ1) is 11.4. The second-order valence-electron chi connectivity index (χ2n) is 6.31. The highest BCUT2D eigenvalue weighted by Gasteiger charge is 2.20. The first-order valence-corrected chi connectivity index (χ1v) is 8.15. The highest BCUT2D eigenvalue weighted by atomic mass is 14.7. The maximum Gasteiger partial charge on any atom is 0.0457 e. The molecule has 0 amide bonds. The number of rotatable bonds is 1. The Kier molecular flexibility index (Phi) is 2.68. The van der Waals surface area contributed by atoms with Crippen LogP contribution in [0.4, 0.5) is 0 Å². The van der Waals surface area contributed by atoms with Crippen LogP contribution in [0.1, 0.15) is 22.6 Å². The zero-order chi connectivity index (χ0) is 15.2. The third-order valence-corrected chi connectivity index (χ3v) is 5.03. The van der Waals surface area contributed by atoms with Crippen LogP contribution in [0.15, 0.2) is 72.9 Å². The molecule has 3 aromatic carbocycles. The first-order valence-electron chi connectivity index (χ1n) is 8.15. The fourth-order valence-electron chi connectivity index (χ4n) is 3.86. The lowest BCUT2D eigenvalue weighted by Crippen LogP contribution is -2.06. The molecule has 1 heterocycles. The summed E-state index contributed by atoms with van der Waals surface area (Å²) in [6.07, 6.45) is 7.88. The average molecular weight is 295 g/mol. The predicted octanol–water partition coefficient (Wildman–Crippen LogP) is 5.67. The number of nitrogens with one attached hydrogen (secondary N) is 1. The molecular formula is C22H17N. The van der Waals surface area contributed by atoms with Gasteiger partial charge < -0.3 is 4.98 Å². The monoisotopic (exact) mass is 295 g/mol. The molecule has 23 heavy (non-hydrogen) atoms. The summed E-state index contributed by atoms with van der Waals surface area (Å²) in [7, 11) is 0. The molecule has 110 valence electrons. The van der Waals surface area contributed by atoms with Gasteiger partial charge in [0.15, 0.2) is 0 Å². The lowest BCUT2D eigenvalue weighted by atomic mass is 9.83. The van der Waals surface area contributed by atoms with Crippen LogP contribution in [-0.4, -0.2) is 4.98 Å². The van der Waals surface area contributed by atoms with Crippen molar-refractivity contribution in [3.8, 4) is 0 Å². The summed E-state index contributed by atoms with van der Waals surface area (Å²) in [5.41, 5.74) is 5.45. The standard InChI is InChI=1S/C22H17N/c1-2-6-18-15(5-1)9-10-16-11-12-17(13-20(16)18)21-14-23-22-8-4-3-7-19(21)22/h1-12,14,17,23H,13H2. The molecule has 0 aliphatic heterocycles. The second-order valence-corrected chi connectivity index (χ2v) is 6.31. The SMILES string of the molecule is C1=CC(c2c[nH]c3ccccc23)Cc2c1ccc1ccccc21. The summed E-state index contributed by atoms with van der Waals surface area (Å²) < 4.78 is 0. The molecule has 1 aromatic heterocycles. The molecule has 0 fully saturated rings. The van der Waals surface area contributed by atoms with Gasteiger partial charge in [0, 0.05) is 23.0 Å². The van der Waals surface area contributed by atoms with Crippen molar-refractivity contribution in [1.29, 1.82) is 0 Å². The molecule has 0 saturated heterocycles. The van der Waals surface area contributed by atoms with Gasteiger partial charge in [-0.25, -0.2) is 0 Å². The maximum absolute atomic E-state index is 3.41. The number of para-hydroxylation sites is 1. The van der Waals surface area contributed by atoms with Gasteiger partial charge in [0.2, 0.25) is 0 Å². The Morgan fingerprint density at radius 1 is 0.826 bits per heavy atom. The van der Waals surface area contributed by atoms with E-state index in [1.807, 2.05) is 0 Å². The van der Waals surface area contributed by atoms with Gasteiger partial charge in [0.25, 0.3) is 0 Å². The fourth-order valence-corrected chi connectivity index (χ4v) is 3.86. The van der Waals surface area contributed by atoms with Crippen LogP contribution in [-0.2, 0) is 6.42 Å². The summed E-state index contributed by atoms with van der Waals surface area (Å²) in [6, 6.07) is 21.8. The minimum Gasteiger partial charge on any atom is -0.361 e. The number of fused-ring (bicyclic) bond motifs is 4. The van der Waals surface area contributed by atoms with E-state index in [1.54, 1.807) is 0 Å². The number of hydrogen-bond donors (Lipinski definition) is 1. The van der Waals surface area contributed by atoms with E-state index in [2.05, 4.69) is 84.0 Å². The van der Waals surface area contributed by atoms with Crippen molar-refractivity contribution in [2.24, 2.45) is 0 Å². The van der Waals surface area contributed by atoms with Crippen molar-refractivity contribution in [1.82, 2.24) is 4.98 Å². The minimum absolute atomic E-state index is 0.435. The maximum atomic E-state index is 3.41. The number of allylic oxidation sites excluding steroid dienone is 1. The largest absolute Gasteiger partial charge is 0.361 e. The molecule has 0 radical (unpaired) electrons. The van der Waals surface area contributed by atoms with Crippen LogP contribution in [0.5, 0.6) is 0 Å². The van der Waals surface area contributed by atoms with Gasteiger partial charge in [0.1, 0.15) is 0 Å². The Morgan fingerprint density at radius 3 is 2.61 bits per heavy atom. The summed E-state index contributed by atoms with van der Waals surface area (Å²) >= 11 is 0. The van der Waals surface area contributed by atoms with E-state index in [1.165, 1.54) is 38.4 Å². The average Bonchev–Trinajstić information content (AvgIpc) is 3.05. The van der Waals surface area contributed by atoms with Gasteiger partial charge in [0.05, 0.1) is 0 Å². The van der Waals surface area contributed by atoms with E-state index in [4.69, 9.17) is 0 Å². The quantitative estimate of drug-likeness (QED) is 0.465. The van der Waals surface area contributed by atoms with Crippen LogP contribution in [0.3, 0.4) is 0 Å². The van der Waals surface area contributed by atoms with Gasteiger partial charge in [-0.15, -0.1) is 0 Å². The smallest absolute Gasteiger partial charge is 0.0457 e. The Bertz CT molecular complexity index is 1050. The topological polar surface area (TPSA) is 15.8 Å². The van der Waals surface area contributed by atoms with Crippen LogP contribution in [0, 0.1) is 0 Å². The van der Waals surface area contributed by atoms with E-state index >= 15 is 0 Å². The number of aromatic amines is 1. The summed E-state index contributed by atoms with van der Waals surface area (Å²) in [6.45, 7) is 0. The van der Waals surface area contributed by atoms with Crippen molar-refractivity contribution >= 4 is 27.8 Å². The number of H-pyrrole nitrogens is 1. The molecule has 0 saturated carbocycles. The van der Waals surface area contributed by atoms with Crippen LogP contribution < -0.4 is 0 Å². The molecular weight excluding hydrogens is 278 g/mol. The molecule has 4 aromatic rings. The Morgan fingerprint density at radius 2 is 1.65 bits per heavy atom. The van der Waals surface area contributed by atoms with E-state index in [9.17, 15) is 0 Å². The third kappa shape index (κ3) is 1.93. The Labute approximate surface area is 135 Å². The highest BCUT2D eigenvalue weighted by molar-refractivity contribution is 5.90. The van der Waals surface area contributed by atoms with Crippen LogP contribution in [0.2, 0.25) is 0 Å². The molecule has 1 heteroatoms. The van der Waals surface area contributed by atoms with Crippen LogP contribution in [0.25, 0.3) is 27.8 Å². The molecule has 1 N–H and O–H groups in total. The van der Waals surface area contributed by atoms with Gasteiger partial charge in [-0.05, 0) is 39.9 Å². The normalized spacial score (nSPS) is 16.8. The van der Waals surface area contributed by atoms with Crippen molar-refractivity contribution in [3.05, 3.63) is 89.6 Å². The Hall–Kier alpha value is -2.80. The lowest BCUT2D eigenvalue weighted by Gasteiger charge is -2.21. The number of hydrogen-bond acceptors (Lipinski definition) is 0. The van der Waals surface area contributed by atoms with E-state index in [0.29, 0.717) is 5.92 Å². The van der Waals surface area contributed by atoms with Crippen molar-refractivity contribution in [2.75, 3.05) is 0 Å². The third-order valence-electron chi connectivity index (χ3n) is 5.03. The fraction of sp³-hybridized carbons (Fsp3) is 0.0909. The van der Waals surface area contributed by atoms with Gasteiger partial charge in [-0.1, -0.05) is 66.7 Å². The second kappa shape index (κ2) is 4.85. The molecule has 1 nitrogen and oxygen atoms in total. The summed E-state index contributed by atoms with van der Waals surface area (Å²) in [5, 5.41) is 4.06.